The van der Waals surface area contributed by atoms with Crippen LogP contribution in [0.3, 0.4) is 0 Å². The van der Waals surface area contributed by atoms with Crippen LogP contribution in [0.15, 0.2) is 42.5 Å². The van der Waals surface area contributed by atoms with Gasteiger partial charge in [0.15, 0.2) is 0 Å². The average molecular weight is 658 g/mol. The van der Waals surface area contributed by atoms with Gasteiger partial charge in [-0.05, 0) is 68.0 Å². The first-order valence-electron chi connectivity index (χ1n) is 17.5. The molecular formula is C36H47N7O5. The molecule has 1 unspecified atom stereocenters. The molecule has 48 heavy (non-hydrogen) atoms. The molecule has 256 valence electrons. The number of hydrogen-bond donors (Lipinski definition) is 3. The van der Waals surface area contributed by atoms with Gasteiger partial charge in [-0.3, -0.25) is 44.5 Å². The number of rotatable bonds is 12. The van der Waals surface area contributed by atoms with Crippen molar-refractivity contribution >= 4 is 40.9 Å². The van der Waals surface area contributed by atoms with Gasteiger partial charge in [-0.1, -0.05) is 32.3 Å². The lowest BCUT2D eigenvalue weighted by atomic mass is 9.94. The summed E-state index contributed by atoms with van der Waals surface area (Å²) in [5.74, 6) is -1.47. The maximum Gasteiger partial charge on any atom is 0.265 e. The number of unbranched alkanes of at least 4 members (excludes halogenated alkanes) is 3. The van der Waals surface area contributed by atoms with Crippen LogP contribution < -0.4 is 26.0 Å². The summed E-state index contributed by atoms with van der Waals surface area (Å²) in [7, 11) is 0. The molecule has 4 aliphatic rings. The topological polar surface area (TPSA) is 134 Å². The molecule has 5 amide bonds. The van der Waals surface area contributed by atoms with E-state index in [1.807, 2.05) is 30.3 Å². The molecule has 3 N–H and O–H groups in total. The number of hydrazine groups is 1. The molecular weight excluding hydrogens is 610 g/mol. The molecule has 1 atom stereocenters. The summed E-state index contributed by atoms with van der Waals surface area (Å²) in [6.07, 6.45) is 6.84. The van der Waals surface area contributed by atoms with Crippen LogP contribution in [0.25, 0.3) is 0 Å². The Labute approximate surface area is 282 Å². The molecule has 2 aromatic rings. The minimum Gasteiger partial charge on any atom is -0.371 e. The highest BCUT2D eigenvalue weighted by Crippen LogP contribution is 2.36. The summed E-state index contributed by atoms with van der Waals surface area (Å²) >= 11 is 0. The Morgan fingerprint density at radius 1 is 0.833 bits per heavy atom. The molecule has 0 bridgehead atoms. The van der Waals surface area contributed by atoms with E-state index in [2.05, 4.69) is 37.8 Å². The van der Waals surface area contributed by atoms with Crippen molar-refractivity contribution in [1.82, 2.24) is 26.0 Å². The fourth-order valence-corrected chi connectivity index (χ4v) is 7.35. The van der Waals surface area contributed by atoms with Crippen LogP contribution in [-0.2, 0) is 9.59 Å². The van der Waals surface area contributed by atoms with E-state index in [4.69, 9.17) is 0 Å². The van der Waals surface area contributed by atoms with Crippen molar-refractivity contribution in [2.24, 2.45) is 5.92 Å². The number of hydrogen-bond acceptors (Lipinski definition) is 9. The van der Waals surface area contributed by atoms with E-state index >= 15 is 0 Å². The van der Waals surface area contributed by atoms with Crippen LogP contribution in [-0.4, -0.2) is 97.7 Å². The number of fused-ring (bicyclic) bond motifs is 1. The third-order valence-electron chi connectivity index (χ3n) is 10.1. The maximum absolute atomic E-state index is 13.6. The standard InChI is InChI=1S/C36H47N7O5/c1-2-3-4-5-17-37-39-33(45)26-9-11-27(12-10-26)41-22-20-40(21-23-41)24-25-15-18-42(19-16-25)29-8-6-7-28-32(29)36(48)43(35(28)47)30-13-14-31(44)38-34(30)46/h6-12,25,30,37H,2-5,13-24H2,1H3,(H,39,45)(H,38,44,46). The van der Waals surface area contributed by atoms with Crippen LogP contribution in [0.2, 0.25) is 0 Å². The Kier molecular flexibility index (Phi) is 10.7. The van der Waals surface area contributed by atoms with Crippen molar-refractivity contribution in [3.63, 3.8) is 0 Å². The zero-order chi connectivity index (χ0) is 33.6. The predicted octanol–water partition coefficient (Wildman–Crippen LogP) is 2.94. The van der Waals surface area contributed by atoms with Crippen LogP contribution in [0.4, 0.5) is 11.4 Å². The number of amides is 5. The van der Waals surface area contributed by atoms with Gasteiger partial charge >= 0.3 is 0 Å². The molecule has 3 saturated heterocycles. The van der Waals surface area contributed by atoms with Gasteiger partial charge in [0.05, 0.1) is 16.8 Å². The van der Waals surface area contributed by atoms with E-state index < -0.39 is 23.8 Å². The lowest BCUT2D eigenvalue weighted by Crippen LogP contribution is -2.54. The largest absolute Gasteiger partial charge is 0.371 e. The number of anilines is 2. The lowest BCUT2D eigenvalue weighted by molar-refractivity contribution is -0.136. The average Bonchev–Trinajstić information content (AvgIpc) is 3.36. The Bertz CT molecular complexity index is 1510. The molecule has 0 aromatic heterocycles. The molecule has 0 spiro atoms. The second kappa shape index (κ2) is 15.3. The van der Waals surface area contributed by atoms with Gasteiger partial charge in [-0.25, -0.2) is 5.43 Å². The van der Waals surface area contributed by atoms with E-state index in [9.17, 15) is 24.0 Å². The number of benzene rings is 2. The Morgan fingerprint density at radius 3 is 2.29 bits per heavy atom. The van der Waals surface area contributed by atoms with E-state index in [0.29, 0.717) is 22.6 Å². The Hall–Kier alpha value is -4.29. The highest BCUT2D eigenvalue weighted by Gasteiger charge is 2.46. The fourth-order valence-electron chi connectivity index (χ4n) is 7.35. The second-order valence-electron chi connectivity index (χ2n) is 13.4. The third kappa shape index (κ3) is 7.39. The summed E-state index contributed by atoms with van der Waals surface area (Å²) in [5, 5.41) is 2.26. The molecule has 2 aromatic carbocycles. The smallest absolute Gasteiger partial charge is 0.265 e. The van der Waals surface area contributed by atoms with Gasteiger partial charge in [0, 0.05) is 70.0 Å². The number of piperidine rings is 2. The van der Waals surface area contributed by atoms with Crippen molar-refractivity contribution in [2.45, 2.75) is 64.3 Å². The van der Waals surface area contributed by atoms with E-state index in [-0.39, 0.29) is 24.7 Å². The molecule has 6 rings (SSSR count). The summed E-state index contributed by atoms with van der Waals surface area (Å²) in [6.45, 7) is 9.37. The minimum absolute atomic E-state index is 0.101. The van der Waals surface area contributed by atoms with Crippen LogP contribution in [0.1, 0.15) is 89.4 Å². The van der Waals surface area contributed by atoms with Crippen LogP contribution in [0, 0.1) is 5.92 Å². The maximum atomic E-state index is 13.6. The quantitative estimate of drug-likeness (QED) is 0.179. The minimum atomic E-state index is -0.965. The van der Waals surface area contributed by atoms with E-state index in [0.717, 1.165) is 87.9 Å². The summed E-state index contributed by atoms with van der Waals surface area (Å²) < 4.78 is 0. The molecule has 4 aliphatic heterocycles. The molecule has 12 heteroatoms. The Balaban J connectivity index is 0.957. The van der Waals surface area contributed by atoms with Gasteiger partial charge in [0.2, 0.25) is 11.8 Å². The number of nitrogens with zero attached hydrogens (tertiary/aromatic N) is 4. The highest BCUT2D eigenvalue weighted by atomic mass is 16.2. The third-order valence-corrected chi connectivity index (χ3v) is 10.1. The lowest BCUT2D eigenvalue weighted by Gasteiger charge is -2.40. The summed E-state index contributed by atoms with van der Waals surface area (Å²) in [6, 6.07) is 12.2. The second-order valence-corrected chi connectivity index (χ2v) is 13.4. The number of carbonyl (C=O) groups excluding carboxylic acids is 5. The number of nitrogens with one attached hydrogen (secondary N) is 3. The molecule has 3 fully saturated rings. The Morgan fingerprint density at radius 2 is 1.58 bits per heavy atom. The predicted molar refractivity (Wildman–Crippen MR) is 183 cm³/mol. The van der Waals surface area contributed by atoms with Gasteiger partial charge in [0.25, 0.3) is 17.7 Å². The van der Waals surface area contributed by atoms with Crippen molar-refractivity contribution in [3.05, 3.63) is 59.2 Å². The fraction of sp³-hybridized carbons (Fsp3) is 0.528. The first kappa shape index (κ1) is 33.6. The summed E-state index contributed by atoms with van der Waals surface area (Å²) in [4.78, 5) is 71.6. The molecule has 4 heterocycles. The summed E-state index contributed by atoms with van der Waals surface area (Å²) in [5.41, 5.74) is 9.04. The zero-order valence-electron chi connectivity index (χ0n) is 27.8. The van der Waals surface area contributed by atoms with Crippen LogP contribution >= 0.6 is 0 Å². The number of carbonyl (C=O) groups is 5. The van der Waals surface area contributed by atoms with E-state index in [1.165, 1.54) is 19.3 Å². The number of piperazine rings is 1. The van der Waals surface area contributed by atoms with Crippen molar-refractivity contribution < 1.29 is 24.0 Å². The van der Waals surface area contributed by atoms with Crippen molar-refractivity contribution in [2.75, 3.05) is 62.2 Å². The van der Waals surface area contributed by atoms with Crippen molar-refractivity contribution in [1.29, 1.82) is 0 Å². The normalized spacial score (nSPS) is 20.7. The molecule has 0 saturated carbocycles. The van der Waals surface area contributed by atoms with Crippen molar-refractivity contribution in [3.8, 4) is 0 Å². The van der Waals surface area contributed by atoms with Crippen LogP contribution in [0.5, 0.6) is 0 Å². The number of imide groups is 2. The molecule has 0 aliphatic carbocycles. The van der Waals surface area contributed by atoms with Gasteiger partial charge in [-0.2, -0.15) is 0 Å². The van der Waals surface area contributed by atoms with E-state index in [1.54, 1.807) is 12.1 Å². The van der Waals surface area contributed by atoms with Gasteiger partial charge in [0.1, 0.15) is 6.04 Å². The zero-order valence-corrected chi connectivity index (χ0v) is 27.8. The SMILES string of the molecule is CCCCCCNNC(=O)c1ccc(N2CCN(CC3CCN(c4cccc5c4C(=O)N(C4CCC(=O)NC4=O)C5=O)CC3)CC2)cc1. The first-order chi connectivity index (χ1) is 23.3. The first-order valence-corrected chi connectivity index (χ1v) is 17.5. The highest BCUT2D eigenvalue weighted by molar-refractivity contribution is 6.25. The molecule has 0 radical (unpaired) electrons. The molecule has 12 nitrogen and oxygen atoms in total. The van der Waals surface area contributed by atoms with Gasteiger partial charge in [-0.15, -0.1) is 0 Å². The monoisotopic (exact) mass is 657 g/mol. The van der Waals surface area contributed by atoms with Gasteiger partial charge < -0.3 is 9.80 Å².